The molecule has 1 amide bonds. The van der Waals surface area contributed by atoms with Crippen LogP contribution in [0.4, 0.5) is 5.69 Å². The molecule has 2 aromatic heterocycles. The molecule has 0 aliphatic heterocycles. The number of aryl methyl sites for hydroxylation is 1. The number of aromatic nitrogens is 2. The number of ether oxygens (including phenoxy) is 2. The zero-order valence-corrected chi connectivity index (χ0v) is 15.0. The maximum atomic E-state index is 12.9. The van der Waals surface area contributed by atoms with Crippen molar-refractivity contribution in [2.45, 2.75) is 12.8 Å². The van der Waals surface area contributed by atoms with E-state index in [-0.39, 0.29) is 11.3 Å². The van der Waals surface area contributed by atoms with E-state index in [1.54, 1.807) is 25.3 Å². The summed E-state index contributed by atoms with van der Waals surface area (Å²) in [5.74, 6) is 0.705. The lowest BCUT2D eigenvalue weighted by Crippen LogP contribution is -2.19. The summed E-state index contributed by atoms with van der Waals surface area (Å²) >= 11 is 0. The molecule has 2 heterocycles. The second kappa shape index (κ2) is 6.68. The molecule has 7 heteroatoms. The molecule has 7 nitrogen and oxygen atoms in total. The van der Waals surface area contributed by atoms with Gasteiger partial charge in [-0.3, -0.25) is 4.79 Å². The summed E-state index contributed by atoms with van der Waals surface area (Å²) in [4.78, 5) is 17.5. The Morgan fingerprint density at radius 2 is 1.96 bits per heavy atom. The molecule has 1 aliphatic carbocycles. The largest absolute Gasteiger partial charge is 0.511 e. The van der Waals surface area contributed by atoms with Gasteiger partial charge in [0.2, 0.25) is 0 Å². The van der Waals surface area contributed by atoms with Crippen LogP contribution in [0.3, 0.4) is 0 Å². The molecule has 0 saturated carbocycles. The molecule has 0 atom stereocenters. The molecule has 1 aliphatic rings. The Labute approximate surface area is 155 Å². The number of anilines is 1. The molecule has 0 bridgehead atoms. The number of hydrogen-bond acceptors (Lipinski definition) is 5. The normalized spacial score (nSPS) is 13.4. The molecular formula is C20H19N3O4. The van der Waals surface area contributed by atoms with Crippen molar-refractivity contribution in [3.05, 3.63) is 59.7 Å². The van der Waals surface area contributed by atoms with E-state index in [0.29, 0.717) is 35.7 Å². The van der Waals surface area contributed by atoms with Crippen LogP contribution in [0.2, 0.25) is 0 Å². The first kappa shape index (κ1) is 17.0. The van der Waals surface area contributed by atoms with E-state index in [4.69, 9.17) is 9.47 Å². The van der Waals surface area contributed by atoms with E-state index in [2.05, 4.69) is 10.3 Å². The number of carbonyl (C=O) groups is 1. The van der Waals surface area contributed by atoms with Gasteiger partial charge in [0.25, 0.3) is 5.91 Å². The highest BCUT2D eigenvalue weighted by molar-refractivity contribution is 6.26. The number of aliphatic hydroxyl groups excluding tert-OH is 1. The Bertz CT molecular complexity index is 1070. The molecule has 1 aromatic carbocycles. The first-order chi connectivity index (χ1) is 13.1. The van der Waals surface area contributed by atoms with E-state index in [1.807, 2.05) is 28.8 Å². The summed E-state index contributed by atoms with van der Waals surface area (Å²) in [5, 5.41) is 13.2. The number of nitrogens with one attached hydrogen (secondary N) is 1. The van der Waals surface area contributed by atoms with Crippen LogP contribution in [0.1, 0.15) is 17.8 Å². The number of pyridine rings is 1. The minimum absolute atomic E-state index is 0.0453. The number of benzene rings is 1. The van der Waals surface area contributed by atoms with Crippen molar-refractivity contribution in [1.82, 2.24) is 9.38 Å². The summed E-state index contributed by atoms with van der Waals surface area (Å²) in [6.45, 7) is 0. The Balaban J connectivity index is 1.70. The van der Waals surface area contributed by atoms with Crippen LogP contribution < -0.4 is 14.8 Å². The van der Waals surface area contributed by atoms with Gasteiger partial charge in [-0.05, 0) is 30.7 Å². The summed E-state index contributed by atoms with van der Waals surface area (Å²) < 4.78 is 12.4. The number of hydrogen-bond donors (Lipinski definition) is 2. The fourth-order valence-corrected chi connectivity index (χ4v) is 3.33. The highest BCUT2D eigenvalue weighted by atomic mass is 16.5. The van der Waals surface area contributed by atoms with E-state index >= 15 is 0 Å². The summed E-state index contributed by atoms with van der Waals surface area (Å²) in [5.41, 5.74) is 2.92. The molecule has 4 rings (SSSR count). The molecule has 138 valence electrons. The van der Waals surface area contributed by atoms with Gasteiger partial charge in [0.1, 0.15) is 22.7 Å². The zero-order valence-electron chi connectivity index (χ0n) is 15.0. The predicted molar refractivity (Wildman–Crippen MR) is 101 cm³/mol. The highest BCUT2D eigenvalue weighted by Crippen LogP contribution is 2.33. The van der Waals surface area contributed by atoms with Gasteiger partial charge < -0.3 is 24.3 Å². The number of fused-ring (bicyclic) bond motifs is 3. The lowest BCUT2D eigenvalue weighted by atomic mass is 9.97. The zero-order chi connectivity index (χ0) is 19.0. The highest BCUT2D eigenvalue weighted by Gasteiger charge is 2.29. The number of allylic oxidation sites excluding steroid dienone is 1. The van der Waals surface area contributed by atoms with Crippen LogP contribution in [-0.4, -0.2) is 34.6 Å². The second-order valence-corrected chi connectivity index (χ2v) is 6.18. The molecular weight excluding hydrogens is 346 g/mol. The monoisotopic (exact) mass is 365 g/mol. The molecule has 2 N–H and O–H groups in total. The molecule has 3 aromatic rings. The number of amides is 1. The average Bonchev–Trinajstić information content (AvgIpc) is 3.05. The standard InChI is InChI=1S/C20H19N3O4/c1-26-15-9-6-12(11-16(15)27-2)21-20(25)18-14(24)8-7-13-19(18)22-17-5-3-4-10-23(13)17/h3-6,9-11,24H,7-8H2,1-2H3,(H,21,25). The first-order valence-corrected chi connectivity index (χ1v) is 8.54. The second-order valence-electron chi connectivity index (χ2n) is 6.18. The Morgan fingerprint density at radius 1 is 1.15 bits per heavy atom. The number of carbonyl (C=O) groups excluding carboxylic acids is 1. The van der Waals surface area contributed by atoms with Crippen LogP contribution in [0, 0.1) is 0 Å². The van der Waals surface area contributed by atoms with Crippen molar-refractivity contribution in [2.75, 3.05) is 19.5 Å². The van der Waals surface area contributed by atoms with Crippen molar-refractivity contribution in [3.8, 4) is 11.5 Å². The van der Waals surface area contributed by atoms with Gasteiger partial charge in [-0.25, -0.2) is 4.98 Å². The lowest BCUT2D eigenvalue weighted by Gasteiger charge is -2.17. The van der Waals surface area contributed by atoms with Gasteiger partial charge in [0.05, 0.1) is 19.9 Å². The van der Waals surface area contributed by atoms with Crippen molar-refractivity contribution >= 4 is 22.8 Å². The predicted octanol–water partition coefficient (Wildman–Crippen LogP) is 3.21. The third-order valence-electron chi connectivity index (χ3n) is 4.62. The summed E-state index contributed by atoms with van der Waals surface area (Å²) in [6.07, 6.45) is 2.93. The van der Waals surface area contributed by atoms with Crippen molar-refractivity contribution in [2.24, 2.45) is 0 Å². The van der Waals surface area contributed by atoms with E-state index in [0.717, 1.165) is 11.3 Å². The average molecular weight is 365 g/mol. The van der Waals surface area contributed by atoms with Gasteiger partial charge >= 0.3 is 0 Å². The molecule has 27 heavy (non-hydrogen) atoms. The summed E-state index contributed by atoms with van der Waals surface area (Å²) in [6, 6.07) is 10.8. The lowest BCUT2D eigenvalue weighted by molar-refractivity contribution is -0.111. The van der Waals surface area contributed by atoms with Crippen molar-refractivity contribution in [3.63, 3.8) is 0 Å². The van der Waals surface area contributed by atoms with Crippen LogP contribution >= 0.6 is 0 Å². The van der Waals surface area contributed by atoms with Gasteiger partial charge in [0, 0.05) is 24.4 Å². The number of aliphatic hydroxyl groups is 1. The summed E-state index contributed by atoms with van der Waals surface area (Å²) in [7, 11) is 3.08. The van der Waals surface area contributed by atoms with Gasteiger partial charge in [-0.15, -0.1) is 0 Å². The smallest absolute Gasteiger partial charge is 0.261 e. The van der Waals surface area contributed by atoms with Crippen molar-refractivity contribution in [1.29, 1.82) is 0 Å². The third kappa shape index (κ3) is 2.87. The van der Waals surface area contributed by atoms with Crippen LogP contribution in [0.25, 0.3) is 11.2 Å². The van der Waals surface area contributed by atoms with E-state index in [1.165, 1.54) is 7.11 Å². The van der Waals surface area contributed by atoms with E-state index in [9.17, 15) is 9.90 Å². The number of imidazole rings is 1. The topological polar surface area (TPSA) is 85.1 Å². The maximum Gasteiger partial charge on any atom is 0.261 e. The fourth-order valence-electron chi connectivity index (χ4n) is 3.33. The fraction of sp³-hybridized carbons (Fsp3) is 0.200. The van der Waals surface area contributed by atoms with Crippen LogP contribution in [0.15, 0.2) is 48.4 Å². The quantitative estimate of drug-likeness (QED) is 0.742. The van der Waals surface area contributed by atoms with Crippen LogP contribution in [-0.2, 0) is 11.2 Å². The number of nitrogens with zero attached hydrogens (tertiary/aromatic N) is 2. The third-order valence-corrected chi connectivity index (χ3v) is 4.62. The molecule has 0 saturated heterocycles. The molecule has 0 radical (unpaired) electrons. The molecule has 0 unspecified atom stereocenters. The Hall–Kier alpha value is -3.48. The number of methoxy groups -OCH3 is 2. The Morgan fingerprint density at radius 3 is 2.74 bits per heavy atom. The van der Waals surface area contributed by atoms with Crippen LogP contribution in [0.5, 0.6) is 11.5 Å². The minimum atomic E-state index is -0.413. The van der Waals surface area contributed by atoms with Crippen molar-refractivity contribution < 1.29 is 19.4 Å². The van der Waals surface area contributed by atoms with E-state index < -0.39 is 5.91 Å². The molecule has 0 spiro atoms. The minimum Gasteiger partial charge on any atom is -0.511 e. The SMILES string of the molecule is COc1ccc(NC(=O)C2=C(O)CCc3c2nc2ccccn32)cc1OC. The first-order valence-electron chi connectivity index (χ1n) is 8.54. The number of rotatable bonds is 4. The van der Waals surface area contributed by atoms with Gasteiger partial charge in [-0.2, -0.15) is 0 Å². The maximum absolute atomic E-state index is 12.9. The Kier molecular flexibility index (Phi) is 4.19. The van der Waals surface area contributed by atoms with Gasteiger partial charge in [0.15, 0.2) is 11.5 Å². The van der Waals surface area contributed by atoms with Gasteiger partial charge in [-0.1, -0.05) is 6.07 Å². The molecule has 0 fully saturated rings.